The van der Waals surface area contributed by atoms with Crippen LogP contribution in [-0.4, -0.2) is 25.7 Å². The molecule has 1 saturated carbocycles. The average molecular weight is 428 g/mol. The molecule has 0 spiro atoms. The molecular formula is C26H24N2O4. The van der Waals surface area contributed by atoms with Crippen molar-refractivity contribution in [2.24, 2.45) is 0 Å². The number of rotatable bonds is 5. The average Bonchev–Trinajstić information content (AvgIpc) is 3.49. The van der Waals surface area contributed by atoms with E-state index < -0.39 is 5.41 Å². The molecule has 2 N–H and O–H groups in total. The Kier molecular flexibility index (Phi) is 4.85. The normalized spacial score (nSPS) is 15.2. The smallest absolute Gasteiger partial charge is 0.251 e. The van der Waals surface area contributed by atoms with E-state index in [9.17, 15) is 9.59 Å². The zero-order valence-corrected chi connectivity index (χ0v) is 18.0. The molecule has 3 aromatic rings. The summed E-state index contributed by atoms with van der Waals surface area (Å²) in [7, 11) is 1.62. The maximum absolute atomic E-state index is 13.2. The van der Waals surface area contributed by atoms with Crippen molar-refractivity contribution in [3.63, 3.8) is 0 Å². The number of carbonyl (C=O) groups excluding carboxylic acids is 2. The van der Waals surface area contributed by atoms with Gasteiger partial charge >= 0.3 is 0 Å². The Bertz CT molecular complexity index is 1230. The highest BCUT2D eigenvalue weighted by Crippen LogP contribution is 2.51. The lowest BCUT2D eigenvalue weighted by molar-refractivity contribution is -0.118. The number of nitrogens with one attached hydrogen (secondary N) is 2. The molecule has 0 unspecified atom stereocenters. The van der Waals surface area contributed by atoms with E-state index in [1.54, 1.807) is 13.1 Å². The van der Waals surface area contributed by atoms with E-state index in [0.717, 1.165) is 46.5 Å². The van der Waals surface area contributed by atoms with Gasteiger partial charge in [0.1, 0.15) is 0 Å². The molecular weight excluding hydrogens is 404 g/mol. The Labute approximate surface area is 186 Å². The molecule has 2 aliphatic rings. The first-order valence-corrected chi connectivity index (χ1v) is 10.6. The summed E-state index contributed by atoms with van der Waals surface area (Å²) in [5.74, 6) is 1.29. The van der Waals surface area contributed by atoms with Gasteiger partial charge in [0, 0.05) is 18.3 Å². The molecule has 32 heavy (non-hydrogen) atoms. The Morgan fingerprint density at radius 2 is 1.75 bits per heavy atom. The van der Waals surface area contributed by atoms with Gasteiger partial charge in [0.2, 0.25) is 12.7 Å². The molecule has 0 aromatic heterocycles. The van der Waals surface area contributed by atoms with Crippen LogP contribution in [0, 0.1) is 6.92 Å². The maximum Gasteiger partial charge on any atom is 0.251 e. The summed E-state index contributed by atoms with van der Waals surface area (Å²) in [4.78, 5) is 25.2. The predicted octanol–water partition coefficient (Wildman–Crippen LogP) is 4.42. The largest absolute Gasteiger partial charge is 0.454 e. The van der Waals surface area contributed by atoms with E-state index in [0.29, 0.717) is 11.3 Å². The molecule has 162 valence electrons. The third kappa shape index (κ3) is 3.47. The maximum atomic E-state index is 13.2. The van der Waals surface area contributed by atoms with Gasteiger partial charge < -0.3 is 20.1 Å². The van der Waals surface area contributed by atoms with Crippen molar-refractivity contribution in [1.29, 1.82) is 0 Å². The molecule has 0 atom stereocenters. The van der Waals surface area contributed by atoms with Gasteiger partial charge in [-0.2, -0.15) is 0 Å². The van der Waals surface area contributed by atoms with Crippen LogP contribution in [0.3, 0.4) is 0 Å². The van der Waals surface area contributed by atoms with Gasteiger partial charge in [-0.05, 0) is 78.4 Å². The number of fused-ring (bicyclic) bond motifs is 1. The Hall–Kier alpha value is -3.80. The number of hydrogen-bond donors (Lipinski definition) is 2. The van der Waals surface area contributed by atoms with Crippen LogP contribution in [0.5, 0.6) is 11.5 Å². The summed E-state index contributed by atoms with van der Waals surface area (Å²) in [5.41, 5.74) is 4.80. The summed E-state index contributed by atoms with van der Waals surface area (Å²) in [5, 5.41) is 5.75. The lowest BCUT2D eigenvalue weighted by Crippen LogP contribution is -2.27. The minimum Gasteiger partial charge on any atom is -0.454 e. The molecule has 1 aliphatic carbocycles. The van der Waals surface area contributed by atoms with Crippen LogP contribution in [0.1, 0.15) is 34.3 Å². The zero-order chi connectivity index (χ0) is 22.3. The van der Waals surface area contributed by atoms with Gasteiger partial charge in [0.25, 0.3) is 5.91 Å². The number of carbonyl (C=O) groups is 2. The number of benzene rings is 3. The van der Waals surface area contributed by atoms with Crippen LogP contribution in [0.25, 0.3) is 11.1 Å². The second-order valence-corrected chi connectivity index (χ2v) is 8.29. The highest BCUT2D eigenvalue weighted by atomic mass is 16.7. The van der Waals surface area contributed by atoms with E-state index in [4.69, 9.17) is 9.47 Å². The van der Waals surface area contributed by atoms with Crippen LogP contribution in [-0.2, 0) is 10.2 Å². The van der Waals surface area contributed by atoms with Crippen LogP contribution in [0.15, 0.2) is 60.7 Å². The number of anilines is 1. The SMILES string of the molecule is CNC(=O)c1cccc(-c2ccc(NC(=O)C3(c4ccc5c(c4)OCO5)CC3)cc2C)c1. The molecule has 1 fully saturated rings. The van der Waals surface area contributed by atoms with Gasteiger partial charge in [-0.3, -0.25) is 9.59 Å². The van der Waals surface area contributed by atoms with E-state index in [2.05, 4.69) is 10.6 Å². The molecule has 0 saturated heterocycles. The summed E-state index contributed by atoms with van der Waals surface area (Å²) in [6, 6.07) is 19.1. The molecule has 0 bridgehead atoms. The van der Waals surface area contributed by atoms with Gasteiger partial charge in [-0.25, -0.2) is 0 Å². The van der Waals surface area contributed by atoms with E-state index in [1.165, 1.54) is 0 Å². The summed E-state index contributed by atoms with van der Waals surface area (Å²) in [6.07, 6.45) is 1.61. The Balaban J connectivity index is 1.36. The minimum absolute atomic E-state index is 0.00914. The van der Waals surface area contributed by atoms with Gasteiger partial charge in [-0.1, -0.05) is 24.3 Å². The van der Waals surface area contributed by atoms with Crippen molar-refractivity contribution in [2.75, 3.05) is 19.2 Å². The number of aryl methyl sites for hydroxylation is 1. The molecule has 5 rings (SSSR count). The fraction of sp³-hybridized carbons (Fsp3) is 0.231. The van der Waals surface area contributed by atoms with Crippen LogP contribution >= 0.6 is 0 Å². The number of hydrogen-bond acceptors (Lipinski definition) is 4. The first kappa shape index (κ1) is 20.1. The lowest BCUT2D eigenvalue weighted by atomic mass is 9.94. The van der Waals surface area contributed by atoms with Crippen LogP contribution < -0.4 is 20.1 Å². The topological polar surface area (TPSA) is 76.7 Å². The molecule has 1 heterocycles. The fourth-order valence-electron chi connectivity index (χ4n) is 4.25. The second-order valence-electron chi connectivity index (χ2n) is 8.29. The minimum atomic E-state index is -0.518. The first-order valence-electron chi connectivity index (χ1n) is 10.6. The molecule has 3 aromatic carbocycles. The molecule has 0 radical (unpaired) electrons. The van der Waals surface area contributed by atoms with E-state index >= 15 is 0 Å². The number of amides is 2. The fourth-order valence-corrected chi connectivity index (χ4v) is 4.25. The van der Waals surface area contributed by atoms with Crippen molar-refractivity contribution < 1.29 is 19.1 Å². The zero-order valence-electron chi connectivity index (χ0n) is 18.0. The van der Waals surface area contributed by atoms with Crippen LogP contribution in [0.2, 0.25) is 0 Å². The highest BCUT2D eigenvalue weighted by Gasteiger charge is 2.51. The third-order valence-electron chi connectivity index (χ3n) is 6.26. The number of ether oxygens (including phenoxy) is 2. The van der Waals surface area contributed by atoms with Crippen molar-refractivity contribution in [3.8, 4) is 22.6 Å². The van der Waals surface area contributed by atoms with Crippen molar-refractivity contribution in [1.82, 2.24) is 5.32 Å². The summed E-state index contributed by atoms with van der Waals surface area (Å²) >= 11 is 0. The predicted molar refractivity (Wildman–Crippen MR) is 122 cm³/mol. The van der Waals surface area contributed by atoms with Gasteiger partial charge in [0.15, 0.2) is 11.5 Å². The van der Waals surface area contributed by atoms with Gasteiger partial charge in [-0.15, -0.1) is 0 Å². The van der Waals surface area contributed by atoms with Crippen molar-refractivity contribution in [2.45, 2.75) is 25.2 Å². The van der Waals surface area contributed by atoms with E-state index in [-0.39, 0.29) is 18.6 Å². The highest BCUT2D eigenvalue weighted by molar-refractivity contribution is 6.02. The van der Waals surface area contributed by atoms with Crippen molar-refractivity contribution >= 4 is 17.5 Å². The molecule has 6 heteroatoms. The molecule has 2 amide bonds. The quantitative estimate of drug-likeness (QED) is 0.631. The monoisotopic (exact) mass is 428 g/mol. The third-order valence-corrected chi connectivity index (χ3v) is 6.26. The molecule has 6 nitrogen and oxygen atoms in total. The van der Waals surface area contributed by atoms with Crippen LogP contribution in [0.4, 0.5) is 5.69 Å². The second kappa shape index (κ2) is 7.71. The lowest BCUT2D eigenvalue weighted by Gasteiger charge is -2.17. The van der Waals surface area contributed by atoms with E-state index in [1.807, 2.05) is 61.5 Å². The Morgan fingerprint density at radius 3 is 2.50 bits per heavy atom. The standard InChI is InChI=1S/C26H24N2O4/c1-16-12-20(7-8-21(16)17-4-3-5-18(13-17)24(29)27-2)28-25(30)26(10-11-26)19-6-9-22-23(14-19)32-15-31-22/h3-9,12-14H,10-11,15H2,1-2H3,(H,27,29)(H,28,30). The summed E-state index contributed by atoms with van der Waals surface area (Å²) in [6.45, 7) is 2.22. The first-order chi connectivity index (χ1) is 15.5. The molecule has 1 aliphatic heterocycles. The van der Waals surface area contributed by atoms with Gasteiger partial charge in [0.05, 0.1) is 5.41 Å². The summed E-state index contributed by atoms with van der Waals surface area (Å²) < 4.78 is 10.9. The Morgan fingerprint density at radius 1 is 0.938 bits per heavy atom. The van der Waals surface area contributed by atoms with Crippen molar-refractivity contribution in [3.05, 3.63) is 77.4 Å².